The quantitative estimate of drug-likeness (QED) is 0.645. The summed E-state index contributed by atoms with van der Waals surface area (Å²) >= 11 is 0. The number of carbonyl (C=O) groups excluding carboxylic acids is 4. The summed E-state index contributed by atoms with van der Waals surface area (Å²) < 4.78 is 27.7. The highest BCUT2D eigenvalue weighted by molar-refractivity contribution is 6.10. The average Bonchev–Trinajstić information content (AvgIpc) is 2.93. The van der Waals surface area contributed by atoms with E-state index in [0.29, 0.717) is 10.5 Å². The van der Waals surface area contributed by atoms with Gasteiger partial charge >= 0.3 is 6.03 Å². The van der Waals surface area contributed by atoms with Gasteiger partial charge in [-0.15, -0.1) is 0 Å². The number of amides is 5. The number of nitrogens with one attached hydrogen (secondary N) is 3. The van der Waals surface area contributed by atoms with E-state index in [1.165, 1.54) is 26.1 Å². The summed E-state index contributed by atoms with van der Waals surface area (Å²) in [4.78, 5) is 49.7. The first kappa shape index (κ1) is 20.9. The number of hydrogen-bond acceptors (Lipinski definition) is 4. The van der Waals surface area contributed by atoms with Crippen molar-refractivity contribution in [3.05, 3.63) is 65.2 Å². The molecule has 0 aliphatic carbocycles. The lowest BCUT2D eigenvalue weighted by atomic mass is 9.91. The zero-order chi connectivity index (χ0) is 22.1. The maximum absolute atomic E-state index is 14.2. The molecule has 0 spiro atoms. The van der Waals surface area contributed by atoms with Crippen molar-refractivity contribution in [2.45, 2.75) is 12.5 Å². The third kappa shape index (κ3) is 3.84. The summed E-state index contributed by atoms with van der Waals surface area (Å²) in [6, 6.07) is 7.70. The maximum Gasteiger partial charge on any atom is 0.325 e. The number of anilines is 1. The van der Waals surface area contributed by atoms with Crippen LogP contribution in [0.3, 0.4) is 0 Å². The van der Waals surface area contributed by atoms with Gasteiger partial charge in [0.05, 0.1) is 0 Å². The van der Waals surface area contributed by atoms with Crippen molar-refractivity contribution in [2.75, 3.05) is 18.9 Å². The third-order valence-corrected chi connectivity index (χ3v) is 4.68. The average molecular weight is 416 g/mol. The Hall–Kier alpha value is -3.82. The number of imide groups is 1. The van der Waals surface area contributed by atoms with E-state index in [2.05, 4.69) is 16.0 Å². The molecule has 5 amide bonds. The number of rotatable bonds is 5. The van der Waals surface area contributed by atoms with Gasteiger partial charge in [0.1, 0.15) is 23.7 Å². The molecule has 10 heteroatoms. The van der Waals surface area contributed by atoms with Gasteiger partial charge in [0.2, 0.25) is 5.91 Å². The predicted octanol–water partition coefficient (Wildman–Crippen LogP) is 1.73. The van der Waals surface area contributed by atoms with Crippen LogP contribution in [0.2, 0.25) is 0 Å². The fraction of sp³-hybridized carbons (Fsp3) is 0.200. The lowest BCUT2D eigenvalue weighted by Crippen LogP contribution is -2.42. The van der Waals surface area contributed by atoms with E-state index in [1.807, 2.05) is 0 Å². The molecule has 1 fully saturated rings. The van der Waals surface area contributed by atoms with Crippen LogP contribution in [0.25, 0.3) is 0 Å². The normalized spacial score (nSPS) is 18.2. The van der Waals surface area contributed by atoms with Gasteiger partial charge in [-0.2, -0.15) is 0 Å². The number of hydrogen-bond donors (Lipinski definition) is 3. The molecule has 0 aromatic heterocycles. The molecule has 2 aromatic carbocycles. The molecule has 3 rings (SSSR count). The molecule has 30 heavy (non-hydrogen) atoms. The van der Waals surface area contributed by atoms with Crippen molar-refractivity contribution in [3.63, 3.8) is 0 Å². The van der Waals surface area contributed by atoms with E-state index in [9.17, 15) is 28.0 Å². The number of nitrogens with zero attached hydrogens (tertiary/aromatic N) is 1. The number of carbonyl (C=O) groups is 4. The molecule has 8 nitrogen and oxygen atoms in total. The van der Waals surface area contributed by atoms with Crippen LogP contribution in [0, 0.1) is 11.6 Å². The zero-order valence-electron chi connectivity index (χ0n) is 16.1. The van der Waals surface area contributed by atoms with Crippen molar-refractivity contribution >= 4 is 29.4 Å². The summed E-state index contributed by atoms with van der Waals surface area (Å²) in [5, 5.41) is 7.25. The monoisotopic (exact) mass is 416 g/mol. The zero-order valence-corrected chi connectivity index (χ0v) is 16.1. The van der Waals surface area contributed by atoms with Gasteiger partial charge < -0.3 is 16.0 Å². The summed E-state index contributed by atoms with van der Waals surface area (Å²) in [6.07, 6.45) is 0. The van der Waals surface area contributed by atoms with Gasteiger partial charge in [-0.05, 0) is 43.3 Å². The number of urea groups is 1. The van der Waals surface area contributed by atoms with Gasteiger partial charge in [0.15, 0.2) is 0 Å². The van der Waals surface area contributed by atoms with Gasteiger partial charge in [-0.3, -0.25) is 19.3 Å². The predicted molar refractivity (Wildman–Crippen MR) is 102 cm³/mol. The first-order valence-electron chi connectivity index (χ1n) is 8.87. The molecular weight excluding hydrogens is 398 g/mol. The second-order valence-corrected chi connectivity index (χ2v) is 6.78. The van der Waals surface area contributed by atoms with Crippen LogP contribution in [0.15, 0.2) is 42.5 Å². The molecule has 1 atom stereocenters. The fourth-order valence-electron chi connectivity index (χ4n) is 3.13. The number of benzene rings is 2. The van der Waals surface area contributed by atoms with Crippen molar-refractivity contribution in [3.8, 4) is 0 Å². The summed E-state index contributed by atoms with van der Waals surface area (Å²) in [5.41, 5.74) is -1.61. The number of halogens is 2. The molecule has 1 saturated heterocycles. The third-order valence-electron chi connectivity index (χ3n) is 4.68. The minimum absolute atomic E-state index is 0.284. The van der Waals surface area contributed by atoms with Crippen LogP contribution in [0.4, 0.5) is 19.3 Å². The maximum atomic E-state index is 14.2. The Bertz CT molecular complexity index is 1060. The van der Waals surface area contributed by atoms with Gasteiger partial charge in [0, 0.05) is 23.9 Å². The molecule has 1 unspecified atom stereocenters. The van der Waals surface area contributed by atoms with Crippen molar-refractivity contribution in [2.24, 2.45) is 0 Å². The van der Waals surface area contributed by atoms with Crippen molar-refractivity contribution < 1.29 is 28.0 Å². The SMILES string of the molecule is CNC(=O)c1cccc(NC(=O)CN2C(=O)NC(C)(c3cc(F)ccc3F)C2=O)c1. The van der Waals surface area contributed by atoms with Gasteiger partial charge in [0.25, 0.3) is 11.8 Å². The molecule has 0 bridgehead atoms. The van der Waals surface area contributed by atoms with Crippen LogP contribution < -0.4 is 16.0 Å². The fourth-order valence-corrected chi connectivity index (χ4v) is 3.13. The Kier molecular flexibility index (Phi) is 5.50. The Labute approximate surface area is 170 Å². The van der Waals surface area contributed by atoms with Crippen LogP contribution in [-0.2, 0) is 15.1 Å². The largest absolute Gasteiger partial charge is 0.355 e. The Balaban J connectivity index is 1.77. The van der Waals surface area contributed by atoms with Crippen LogP contribution in [0.5, 0.6) is 0 Å². The highest BCUT2D eigenvalue weighted by atomic mass is 19.1. The summed E-state index contributed by atoms with van der Waals surface area (Å²) in [5.74, 6) is -3.61. The van der Waals surface area contributed by atoms with Gasteiger partial charge in [-0.25, -0.2) is 13.6 Å². The van der Waals surface area contributed by atoms with Crippen molar-refractivity contribution in [1.29, 1.82) is 0 Å². The second kappa shape index (κ2) is 7.90. The molecule has 1 aliphatic rings. The molecule has 0 radical (unpaired) electrons. The molecule has 2 aromatic rings. The van der Waals surface area contributed by atoms with Crippen molar-refractivity contribution in [1.82, 2.24) is 15.5 Å². The first-order valence-corrected chi connectivity index (χ1v) is 8.87. The summed E-state index contributed by atoms with van der Waals surface area (Å²) in [7, 11) is 1.46. The van der Waals surface area contributed by atoms with Crippen LogP contribution in [-0.4, -0.2) is 42.2 Å². The molecule has 1 heterocycles. The smallest absolute Gasteiger partial charge is 0.325 e. The lowest BCUT2D eigenvalue weighted by Gasteiger charge is -2.22. The van der Waals surface area contributed by atoms with Crippen LogP contribution >= 0.6 is 0 Å². The Morgan fingerprint density at radius 3 is 2.57 bits per heavy atom. The minimum atomic E-state index is -1.86. The van der Waals surface area contributed by atoms with E-state index in [4.69, 9.17) is 0 Å². The van der Waals surface area contributed by atoms with E-state index in [0.717, 1.165) is 18.2 Å². The van der Waals surface area contributed by atoms with E-state index >= 15 is 0 Å². The van der Waals surface area contributed by atoms with E-state index < -0.39 is 41.6 Å². The van der Waals surface area contributed by atoms with E-state index in [-0.39, 0.29) is 17.2 Å². The molecule has 0 saturated carbocycles. The molecule has 156 valence electrons. The topological polar surface area (TPSA) is 108 Å². The molecule has 3 N–H and O–H groups in total. The molecular formula is C20H18F2N4O4. The van der Waals surface area contributed by atoms with Gasteiger partial charge in [-0.1, -0.05) is 6.07 Å². The minimum Gasteiger partial charge on any atom is -0.355 e. The first-order chi connectivity index (χ1) is 14.2. The Morgan fingerprint density at radius 2 is 1.87 bits per heavy atom. The van der Waals surface area contributed by atoms with Crippen LogP contribution in [0.1, 0.15) is 22.8 Å². The Morgan fingerprint density at radius 1 is 1.13 bits per heavy atom. The highest BCUT2D eigenvalue weighted by Crippen LogP contribution is 2.31. The lowest BCUT2D eigenvalue weighted by molar-refractivity contribution is -0.133. The van der Waals surface area contributed by atoms with E-state index in [1.54, 1.807) is 12.1 Å². The molecule has 1 aliphatic heterocycles. The highest BCUT2D eigenvalue weighted by Gasteiger charge is 2.50. The standard InChI is InChI=1S/C20H18F2N4O4/c1-20(14-9-12(21)6-7-15(14)22)18(29)26(19(30)25-20)10-16(27)24-13-5-3-4-11(8-13)17(28)23-2/h3-9H,10H2,1-2H3,(H,23,28)(H,24,27)(H,25,30). The summed E-state index contributed by atoms with van der Waals surface area (Å²) in [6.45, 7) is 0.581. The second-order valence-electron chi connectivity index (χ2n) is 6.78.